The highest BCUT2D eigenvalue weighted by atomic mass is 35.5. The second kappa shape index (κ2) is 12.8. The van der Waals surface area contributed by atoms with Gasteiger partial charge in [0.2, 0.25) is 0 Å². The molecule has 2 aliphatic heterocycles. The standard InChI is InChI=1S/C33H29Cl2N5O4/c1-41-29-15-28(25(34)13-26(29)35)39-32-22(16-36)17-38-27-14-31(30(42-2)12-24(27)32)44-8-4-23-11-21(3-7-37-23)18-40-19-33(20-40)5-9-43-10-6-33/h3,7,11-15,17H,5-6,9-10,18-20H2,1-2H3,(H,38,39). The first kappa shape index (κ1) is 29.8. The lowest BCUT2D eigenvalue weighted by Crippen LogP contribution is -2.57. The summed E-state index contributed by atoms with van der Waals surface area (Å²) < 4.78 is 22.3. The summed E-state index contributed by atoms with van der Waals surface area (Å²) in [6, 6.07) is 12.9. The van der Waals surface area contributed by atoms with Crippen LogP contribution in [-0.4, -0.2) is 55.4 Å². The van der Waals surface area contributed by atoms with Gasteiger partial charge in [0.05, 0.1) is 46.7 Å². The Morgan fingerprint density at radius 1 is 1.00 bits per heavy atom. The van der Waals surface area contributed by atoms with Crippen LogP contribution in [0.4, 0.5) is 11.4 Å². The molecule has 2 fully saturated rings. The SMILES string of the molecule is COc1cc(Nc2c(C#N)cnc3cc(OC#Cc4cc(CN5CC6(CCOCC6)C5)ccn4)c(OC)cc23)c(Cl)cc1Cl. The van der Waals surface area contributed by atoms with Gasteiger partial charge < -0.3 is 24.3 Å². The third kappa shape index (κ3) is 6.19. The van der Waals surface area contributed by atoms with E-state index in [1.165, 1.54) is 20.4 Å². The third-order valence-corrected chi connectivity index (χ3v) is 8.63. The van der Waals surface area contributed by atoms with Gasteiger partial charge in [-0.25, -0.2) is 4.98 Å². The van der Waals surface area contributed by atoms with E-state index in [9.17, 15) is 5.26 Å². The number of nitrogens with one attached hydrogen (secondary N) is 1. The van der Waals surface area contributed by atoms with Crippen molar-refractivity contribution in [2.24, 2.45) is 5.41 Å². The van der Waals surface area contributed by atoms with Crippen LogP contribution in [0.5, 0.6) is 17.2 Å². The van der Waals surface area contributed by atoms with Crippen LogP contribution in [0.1, 0.15) is 29.7 Å². The topological polar surface area (TPSA) is 102 Å². The monoisotopic (exact) mass is 629 g/mol. The lowest BCUT2D eigenvalue weighted by Gasteiger charge is -2.52. The number of fused-ring (bicyclic) bond motifs is 1. The van der Waals surface area contributed by atoms with Crippen molar-refractivity contribution >= 4 is 45.5 Å². The summed E-state index contributed by atoms with van der Waals surface area (Å²) in [6.07, 6.45) is 8.29. The van der Waals surface area contributed by atoms with E-state index in [0.29, 0.717) is 66.2 Å². The van der Waals surface area contributed by atoms with Gasteiger partial charge in [-0.15, -0.1) is 0 Å². The molecular weight excluding hydrogens is 601 g/mol. The van der Waals surface area contributed by atoms with E-state index in [4.69, 9.17) is 42.1 Å². The number of likely N-dealkylation sites (tertiary alicyclic amines) is 1. The molecule has 0 amide bonds. The summed E-state index contributed by atoms with van der Waals surface area (Å²) >= 11 is 12.7. The van der Waals surface area contributed by atoms with Gasteiger partial charge in [-0.2, -0.15) is 5.26 Å². The first-order chi connectivity index (χ1) is 21.4. The number of hydrogen-bond acceptors (Lipinski definition) is 9. The summed E-state index contributed by atoms with van der Waals surface area (Å²) in [5.41, 5.74) is 4.06. The number of pyridine rings is 2. The van der Waals surface area contributed by atoms with Gasteiger partial charge in [0.15, 0.2) is 11.5 Å². The van der Waals surface area contributed by atoms with Gasteiger partial charge in [-0.3, -0.25) is 9.88 Å². The van der Waals surface area contributed by atoms with Crippen LogP contribution in [0.15, 0.2) is 48.8 Å². The van der Waals surface area contributed by atoms with Crippen LogP contribution in [0, 0.1) is 28.8 Å². The zero-order valence-corrected chi connectivity index (χ0v) is 25.8. The molecular formula is C33H29Cl2N5O4. The summed E-state index contributed by atoms with van der Waals surface area (Å²) in [7, 11) is 3.04. The molecule has 4 aromatic rings. The second-order valence-corrected chi connectivity index (χ2v) is 11.7. The van der Waals surface area contributed by atoms with Crippen molar-refractivity contribution in [1.29, 1.82) is 5.26 Å². The Hall–Kier alpha value is -4.25. The predicted octanol–water partition coefficient (Wildman–Crippen LogP) is 6.57. The van der Waals surface area contributed by atoms with Crippen LogP contribution < -0.4 is 19.5 Å². The molecule has 6 rings (SSSR count). The van der Waals surface area contributed by atoms with Crippen molar-refractivity contribution in [2.45, 2.75) is 19.4 Å². The number of ether oxygens (including phenoxy) is 4. The average Bonchev–Trinajstić information content (AvgIpc) is 3.02. The number of nitrogens with zero attached hydrogens (tertiary/aromatic N) is 4. The maximum Gasteiger partial charge on any atom is 0.184 e. The Kier molecular flexibility index (Phi) is 8.65. The van der Waals surface area contributed by atoms with E-state index in [2.05, 4.69) is 38.3 Å². The normalized spacial score (nSPS) is 15.5. The van der Waals surface area contributed by atoms with E-state index in [-0.39, 0.29) is 0 Å². The van der Waals surface area contributed by atoms with Gasteiger partial charge in [0.25, 0.3) is 0 Å². The largest absolute Gasteiger partial charge is 0.495 e. The van der Waals surface area contributed by atoms with Crippen molar-refractivity contribution in [3.8, 4) is 35.3 Å². The van der Waals surface area contributed by atoms with Crippen LogP contribution >= 0.6 is 23.2 Å². The molecule has 11 heteroatoms. The lowest BCUT2D eigenvalue weighted by atomic mass is 9.73. The minimum atomic E-state index is 0.310. The predicted molar refractivity (Wildman–Crippen MR) is 169 cm³/mol. The number of rotatable bonds is 7. The molecule has 0 unspecified atom stereocenters. The molecule has 224 valence electrons. The first-order valence-corrected chi connectivity index (χ1v) is 14.8. The van der Waals surface area contributed by atoms with E-state index in [0.717, 1.165) is 51.3 Å². The number of hydrogen-bond donors (Lipinski definition) is 1. The van der Waals surface area contributed by atoms with Gasteiger partial charge in [-0.05, 0) is 48.6 Å². The van der Waals surface area contributed by atoms with Crippen molar-refractivity contribution in [2.75, 3.05) is 45.8 Å². The number of aromatic nitrogens is 2. The Morgan fingerprint density at radius 2 is 1.80 bits per heavy atom. The molecule has 4 heterocycles. The van der Waals surface area contributed by atoms with Gasteiger partial charge in [0, 0.05) is 68.2 Å². The summed E-state index contributed by atoms with van der Waals surface area (Å²) in [6.45, 7) is 4.81. The molecule has 1 N–H and O–H groups in total. The summed E-state index contributed by atoms with van der Waals surface area (Å²) in [5.74, 6) is 4.22. The fourth-order valence-corrected chi connectivity index (χ4v) is 6.25. The molecule has 0 radical (unpaired) electrons. The maximum atomic E-state index is 9.82. The molecule has 2 aromatic carbocycles. The fraction of sp³-hybridized carbons (Fsp3) is 0.303. The highest BCUT2D eigenvalue weighted by Gasteiger charge is 2.43. The molecule has 0 saturated carbocycles. The zero-order valence-electron chi connectivity index (χ0n) is 24.2. The van der Waals surface area contributed by atoms with Crippen molar-refractivity contribution in [3.05, 3.63) is 75.7 Å². The van der Waals surface area contributed by atoms with E-state index >= 15 is 0 Å². The van der Waals surface area contributed by atoms with Gasteiger partial charge in [-0.1, -0.05) is 23.2 Å². The minimum Gasteiger partial charge on any atom is -0.495 e. The Bertz CT molecular complexity index is 1820. The Morgan fingerprint density at radius 3 is 2.55 bits per heavy atom. The lowest BCUT2D eigenvalue weighted by molar-refractivity contribution is -0.0839. The molecule has 0 bridgehead atoms. The summed E-state index contributed by atoms with van der Waals surface area (Å²) in [5, 5.41) is 14.4. The maximum absolute atomic E-state index is 9.82. The molecule has 2 saturated heterocycles. The molecule has 0 aliphatic carbocycles. The van der Waals surface area contributed by atoms with E-state index in [1.807, 2.05) is 12.1 Å². The fourth-order valence-electron chi connectivity index (χ4n) is 5.74. The van der Waals surface area contributed by atoms with Crippen LogP contribution in [-0.2, 0) is 11.3 Å². The molecule has 2 aliphatic rings. The Balaban J connectivity index is 1.21. The Labute approximate surface area is 265 Å². The van der Waals surface area contributed by atoms with Gasteiger partial charge >= 0.3 is 0 Å². The quantitative estimate of drug-likeness (QED) is 0.227. The number of nitriles is 1. The van der Waals surface area contributed by atoms with E-state index in [1.54, 1.807) is 30.5 Å². The average molecular weight is 631 g/mol. The van der Waals surface area contributed by atoms with E-state index < -0.39 is 0 Å². The first-order valence-electron chi connectivity index (χ1n) is 14.0. The highest BCUT2D eigenvalue weighted by molar-refractivity contribution is 6.37. The highest BCUT2D eigenvalue weighted by Crippen LogP contribution is 2.41. The molecule has 0 atom stereocenters. The minimum absolute atomic E-state index is 0.310. The number of anilines is 2. The second-order valence-electron chi connectivity index (χ2n) is 10.9. The molecule has 44 heavy (non-hydrogen) atoms. The number of halogens is 2. The van der Waals surface area contributed by atoms with Crippen LogP contribution in [0.2, 0.25) is 10.0 Å². The number of methoxy groups -OCH3 is 2. The van der Waals surface area contributed by atoms with Gasteiger partial charge in [0.1, 0.15) is 23.6 Å². The van der Waals surface area contributed by atoms with Crippen LogP contribution in [0.3, 0.4) is 0 Å². The smallest absolute Gasteiger partial charge is 0.184 e. The van der Waals surface area contributed by atoms with Crippen molar-refractivity contribution in [3.63, 3.8) is 0 Å². The third-order valence-electron chi connectivity index (χ3n) is 8.02. The molecule has 9 nitrogen and oxygen atoms in total. The van der Waals surface area contributed by atoms with Crippen molar-refractivity contribution < 1.29 is 18.9 Å². The zero-order chi connectivity index (χ0) is 30.7. The van der Waals surface area contributed by atoms with Crippen LogP contribution in [0.25, 0.3) is 10.9 Å². The molecule has 2 aromatic heterocycles. The number of benzene rings is 2. The van der Waals surface area contributed by atoms with Crippen molar-refractivity contribution in [1.82, 2.24) is 14.9 Å². The summed E-state index contributed by atoms with van der Waals surface area (Å²) in [4.78, 5) is 11.3. The molecule has 1 spiro atoms.